The average molecular weight is 393 g/mol. The Balaban J connectivity index is 1.96. The lowest BCUT2D eigenvalue weighted by atomic mass is 10.0. The minimum atomic E-state index is 0.642. The second kappa shape index (κ2) is 18.4. The van der Waals surface area contributed by atoms with E-state index in [4.69, 9.17) is 0 Å². The summed E-state index contributed by atoms with van der Waals surface area (Å²) in [6.07, 6.45) is 30.8. The fourth-order valence-corrected chi connectivity index (χ4v) is 4.46. The lowest BCUT2D eigenvalue weighted by Gasteiger charge is -2.33. The first-order valence-corrected chi connectivity index (χ1v) is 13.0. The molecule has 0 saturated heterocycles. The van der Waals surface area contributed by atoms with Gasteiger partial charge < -0.3 is 9.80 Å². The lowest BCUT2D eigenvalue weighted by molar-refractivity contribution is 0.138. The van der Waals surface area contributed by atoms with Gasteiger partial charge in [-0.3, -0.25) is 0 Å². The first-order chi connectivity index (χ1) is 13.8. The molecule has 0 bridgehead atoms. The lowest BCUT2D eigenvalue weighted by Crippen LogP contribution is -2.39. The molecule has 0 radical (unpaired) electrons. The molecule has 1 atom stereocenters. The minimum Gasteiger partial charge on any atom is -0.356 e. The van der Waals surface area contributed by atoms with Crippen molar-refractivity contribution >= 4 is 0 Å². The van der Waals surface area contributed by atoms with Crippen LogP contribution in [0.3, 0.4) is 0 Å². The van der Waals surface area contributed by atoms with E-state index in [9.17, 15) is 0 Å². The van der Waals surface area contributed by atoms with E-state index in [0.29, 0.717) is 6.17 Å². The Hall–Kier alpha value is -0.660. The smallest absolute Gasteiger partial charge is 0.101 e. The van der Waals surface area contributed by atoms with E-state index in [1.54, 1.807) is 0 Å². The molecule has 0 spiro atoms. The Kier molecular flexibility index (Phi) is 16.7. The number of hydrogen-bond donors (Lipinski definition) is 0. The van der Waals surface area contributed by atoms with Crippen molar-refractivity contribution < 1.29 is 0 Å². The highest BCUT2D eigenvalue weighted by Crippen LogP contribution is 2.22. The number of nitrogens with zero attached hydrogens (tertiary/aromatic N) is 2. The van der Waals surface area contributed by atoms with Crippen LogP contribution < -0.4 is 0 Å². The molecule has 1 heterocycles. The molecular weight excluding hydrogens is 340 g/mol. The fraction of sp³-hybridized carbons (Fsp3) is 0.923. The third-order valence-corrected chi connectivity index (χ3v) is 6.28. The van der Waals surface area contributed by atoms with Crippen LogP contribution in [0.25, 0.3) is 0 Å². The zero-order valence-corrected chi connectivity index (χ0v) is 19.8. The van der Waals surface area contributed by atoms with Gasteiger partial charge in [0.25, 0.3) is 0 Å². The number of hydrogen-bond acceptors (Lipinski definition) is 2. The maximum atomic E-state index is 2.60. The van der Waals surface area contributed by atoms with Gasteiger partial charge in [0.2, 0.25) is 0 Å². The van der Waals surface area contributed by atoms with Crippen molar-refractivity contribution in [1.29, 1.82) is 0 Å². The van der Waals surface area contributed by atoms with Gasteiger partial charge in [0, 0.05) is 25.5 Å². The van der Waals surface area contributed by atoms with Crippen LogP contribution in [0.1, 0.15) is 136 Å². The highest BCUT2D eigenvalue weighted by molar-refractivity contribution is 4.96. The Bertz CT molecular complexity index is 352. The topological polar surface area (TPSA) is 6.48 Å². The van der Waals surface area contributed by atoms with E-state index >= 15 is 0 Å². The van der Waals surface area contributed by atoms with Gasteiger partial charge in [-0.2, -0.15) is 0 Å². The molecule has 166 valence electrons. The molecule has 0 fully saturated rings. The van der Waals surface area contributed by atoms with Gasteiger partial charge >= 0.3 is 0 Å². The van der Waals surface area contributed by atoms with E-state index in [1.165, 1.54) is 129 Å². The van der Waals surface area contributed by atoms with Crippen LogP contribution in [0.2, 0.25) is 0 Å². The Morgan fingerprint density at radius 3 is 1.36 bits per heavy atom. The predicted molar refractivity (Wildman–Crippen MR) is 126 cm³/mol. The second-order valence-electron chi connectivity index (χ2n) is 8.99. The summed E-state index contributed by atoms with van der Waals surface area (Å²) in [4.78, 5) is 5.18. The quantitative estimate of drug-likeness (QED) is 0.192. The Labute approximate surface area is 178 Å². The van der Waals surface area contributed by atoms with Gasteiger partial charge in [0.05, 0.1) is 0 Å². The van der Waals surface area contributed by atoms with E-state index in [-0.39, 0.29) is 0 Å². The van der Waals surface area contributed by atoms with Crippen molar-refractivity contribution in [2.45, 2.75) is 143 Å². The van der Waals surface area contributed by atoms with Crippen LogP contribution >= 0.6 is 0 Å². The summed E-state index contributed by atoms with van der Waals surface area (Å²) in [5.41, 5.74) is 0. The molecule has 28 heavy (non-hydrogen) atoms. The largest absolute Gasteiger partial charge is 0.356 e. The molecule has 2 nitrogen and oxygen atoms in total. The third kappa shape index (κ3) is 12.0. The molecule has 0 amide bonds. The maximum Gasteiger partial charge on any atom is 0.101 e. The Morgan fingerprint density at radius 1 is 0.464 bits per heavy atom. The normalized spacial score (nSPS) is 16.5. The zero-order chi connectivity index (χ0) is 20.3. The molecule has 0 N–H and O–H groups in total. The van der Waals surface area contributed by atoms with E-state index in [2.05, 4.69) is 43.0 Å². The standard InChI is InChI=1S/C26H52N2/c1-4-7-9-10-11-12-13-14-15-16-17-18-19-20-21-26-27(22-6-3)24-25-28(26)23-8-5-2/h24-26H,4-23H2,1-3H3. The van der Waals surface area contributed by atoms with Gasteiger partial charge in [-0.1, -0.05) is 111 Å². The highest BCUT2D eigenvalue weighted by atomic mass is 15.4. The summed E-state index contributed by atoms with van der Waals surface area (Å²) in [5.74, 6) is 0. The molecule has 0 aromatic rings. The van der Waals surface area contributed by atoms with Crippen LogP contribution in [0.5, 0.6) is 0 Å². The molecule has 1 aliphatic rings. The SMILES string of the molecule is CCCCCCCCCCCCCCCCC1N(CCC)C=CN1CCCC. The second-order valence-corrected chi connectivity index (χ2v) is 8.99. The van der Waals surface area contributed by atoms with Crippen molar-refractivity contribution in [2.24, 2.45) is 0 Å². The molecule has 0 saturated carbocycles. The van der Waals surface area contributed by atoms with Gasteiger partial charge in [0.15, 0.2) is 0 Å². The first-order valence-electron chi connectivity index (χ1n) is 13.0. The summed E-state index contributed by atoms with van der Waals surface area (Å²) >= 11 is 0. The molecule has 1 unspecified atom stereocenters. The molecule has 1 aliphatic heterocycles. The van der Waals surface area contributed by atoms with Gasteiger partial charge in [-0.25, -0.2) is 0 Å². The first kappa shape index (κ1) is 25.4. The van der Waals surface area contributed by atoms with E-state index in [0.717, 1.165) is 0 Å². The third-order valence-electron chi connectivity index (χ3n) is 6.28. The van der Waals surface area contributed by atoms with Gasteiger partial charge in [-0.15, -0.1) is 0 Å². The summed E-state index contributed by atoms with van der Waals surface area (Å²) in [6, 6.07) is 0. The Morgan fingerprint density at radius 2 is 0.893 bits per heavy atom. The predicted octanol–water partition coefficient (Wildman–Crippen LogP) is 8.48. The average Bonchev–Trinajstić information content (AvgIpc) is 3.08. The van der Waals surface area contributed by atoms with Crippen molar-refractivity contribution in [1.82, 2.24) is 9.80 Å². The van der Waals surface area contributed by atoms with Crippen molar-refractivity contribution in [3.63, 3.8) is 0 Å². The van der Waals surface area contributed by atoms with E-state index in [1.807, 2.05) is 0 Å². The molecule has 2 heteroatoms. The summed E-state index contributed by atoms with van der Waals surface area (Å²) < 4.78 is 0. The van der Waals surface area contributed by atoms with Gasteiger partial charge in [0.1, 0.15) is 6.17 Å². The van der Waals surface area contributed by atoms with Crippen LogP contribution in [-0.4, -0.2) is 29.1 Å². The molecule has 1 rings (SSSR count). The summed E-state index contributed by atoms with van der Waals surface area (Å²) in [6.45, 7) is 9.34. The van der Waals surface area contributed by atoms with Crippen LogP contribution in [0.4, 0.5) is 0 Å². The fourth-order valence-electron chi connectivity index (χ4n) is 4.46. The number of rotatable bonds is 20. The maximum absolute atomic E-state index is 2.60. The molecule has 0 aliphatic carbocycles. The monoisotopic (exact) mass is 392 g/mol. The highest BCUT2D eigenvalue weighted by Gasteiger charge is 2.24. The molecule has 0 aromatic carbocycles. The summed E-state index contributed by atoms with van der Waals surface area (Å²) in [5, 5.41) is 0. The van der Waals surface area contributed by atoms with Crippen LogP contribution in [0, 0.1) is 0 Å². The minimum absolute atomic E-state index is 0.642. The van der Waals surface area contributed by atoms with E-state index < -0.39 is 0 Å². The number of unbranched alkanes of at least 4 members (excludes halogenated alkanes) is 14. The van der Waals surface area contributed by atoms with Crippen LogP contribution in [0.15, 0.2) is 12.4 Å². The van der Waals surface area contributed by atoms with Crippen LogP contribution in [-0.2, 0) is 0 Å². The summed E-state index contributed by atoms with van der Waals surface area (Å²) in [7, 11) is 0. The van der Waals surface area contributed by atoms with Crippen molar-refractivity contribution in [2.75, 3.05) is 13.1 Å². The van der Waals surface area contributed by atoms with Gasteiger partial charge in [-0.05, 0) is 25.7 Å². The molecule has 0 aromatic heterocycles. The molecular formula is C26H52N2. The zero-order valence-electron chi connectivity index (χ0n) is 19.8. The van der Waals surface area contributed by atoms with Crippen molar-refractivity contribution in [3.8, 4) is 0 Å². The van der Waals surface area contributed by atoms with Crippen molar-refractivity contribution in [3.05, 3.63) is 12.4 Å².